The van der Waals surface area contributed by atoms with E-state index in [1.165, 1.54) is 25.9 Å². The van der Waals surface area contributed by atoms with Gasteiger partial charge in [0.05, 0.1) is 0 Å². The highest BCUT2D eigenvalue weighted by Gasteiger charge is 2.20. The van der Waals surface area contributed by atoms with Crippen molar-refractivity contribution in [3.05, 3.63) is 23.8 Å². The second-order valence-corrected chi connectivity index (χ2v) is 5.41. The highest BCUT2D eigenvalue weighted by Crippen LogP contribution is 2.32. The summed E-state index contributed by atoms with van der Waals surface area (Å²) in [5, 5.41) is 0. The maximum Gasteiger partial charge on any atom is 0.126 e. The SMILES string of the molecule is N[C@@H]1COc2cccc(OCCN3CCCC3)c2C1. The summed E-state index contributed by atoms with van der Waals surface area (Å²) in [6.45, 7) is 4.78. The highest BCUT2D eigenvalue weighted by molar-refractivity contribution is 5.46. The van der Waals surface area contributed by atoms with Crippen LogP contribution in [0.15, 0.2) is 18.2 Å². The summed E-state index contributed by atoms with van der Waals surface area (Å²) in [5.74, 6) is 1.87. The molecule has 4 heteroatoms. The normalized spacial score (nSPS) is 22.9. The van der Waals surface area contributed by atoms with Gasteiger partial charge in [-0.2, -0.15) is 0 Å². The van der Waals surface area contributed by atoms with Gasteiger partial charge < -0.3 is 15.2 Å². The Kier molecular flexibility index (Phi) is 3.89. The molecule has 3 rings (SSSR count). The molecule has 1 fully saturated rings. The first-order valence-corrected chi connectivity index (χ1v) is 7.18. The van der Waals surface area contributed by atoms with Gasteiger partial charge in [0, 0.05) is 18.2 Å². The lowest BCUT2D eigenvalue weighted by Crippen LogP contribution is -2.34. The molecule has 1 saturated heterocycles. The van der Waals surface area contributed by atoms with Gasteiger partial charge in [0.15, 0.2) is 0 Å². The molecule has 2 aliphatic rings. The molecule has 0 spiro atoms. The van der Waals surface area contributed by atoms with Crippen LogP contribution in [0.25, 0.3) is 0 Å². The van der Waals surface area contributed by atoms with E-state index in [1.807, 2.05) is 18.2 Å². The van der Waals surface area contributed by atoms with E-state index in [9.17, 15) is 0 Å². The molecule has 1 aromatic carbocycles. The largest absolute Gasteiger partial charge is 0.492 e. The zero-order valence-electron chi connectivity index (χ0n) is 11.3. The molecule has 0 bridgehead atoms. The van der Waals surface area contributed by atoms with Crippen molar-refractivity contribution in [2.45, 2.75) is 25.3 Å². The minimum absolute atomic E-state index is 0.0795. The Hall–Kier alpha value is -1.26. The molecule has 0 radical (unpaired) electrons. The van der Waals surface area contributed by atoms with Crippen LogP contribution in [-0.4, -0.2) is 43.8 Å². The number of hydrogen-bond acceptors (Lipinski definition) is 4. The van der Waals surface area contributed by atoms with Gasteiger partial charge in [-0.3, -0.25) is 4.90 Å². The van der Waals surface area contributed by atoms with Crippen LogP contribution in [0, 0.1) is 0 Å². The quantitative estimate of drug-likeness (QED) is 0.891. The fraction of sp³-hybridized carbons (Fsp3) is 0.600. The van der Waals surface area contributed by atoms with Crippen LogP contribution < -0.4 is 15.2 Å². The lowest BCUT2D eigenvalue weighted by Gasteiger charge is -2.24. The Morgan fingerprint density at radius 1 is 1.32 bits per heavy atom. The minimum Gasteiger partial charge on any atom is -0.492 e. The van der Waals surface area contributed by atoms with Gasteiger partial charge in [0.25, 0.3) is 0 Å². The summed E-state index contributed by atoms with van der Waals surface area (Å²) in [4.78, 5) is 2.46. The maximum absolute atomic E-state index is 5.96. The van der Waals surface area contributed by atoms with Crippen molar-refractivity contribution < 1.29 is 9.47 Å². The molecule has 0 amide bonds. The first-order chi connectivity index (χ1) is 9.33. The number of nitrogens with zero attached hydrogens (tertiary/aromatic N) is 1. The van der Waals surface area contributed by atoms with Gasteiger partial charge >= 0.3 is 0 Å². The van der Waals surface area contributed by atoms with Crippen LogP contribution in [0.1, 0.15) is 18.4 Å². The lowest BCUT2D eigenvalue weighted by molar-refractivity contribution is 0.226. The summed E-state index contributed by atoms with van der Waals surface area (Å²) in [5.41, 5.74) is 7.09. The van der Waals surface area contributed by atoms with E-state index < -0.39 is 0 Å². The van der Waals surface area contributed by atoms with Crippen LogP contribution in [0.2, 0.25) is 0 Å². The van der Waals surface area contributed by atoms with Gasteiger partial charge in [-0.05, 0) is 44.5 Å². The number of fused-ring (bicyclic) bond motifs is 1. The van der Waals surface area contributed by atoms with Gasteiger partial charge in [-0.1, -0.05) is 6.07 Å². The standard InChI is InChI=1S/C15H22N2O2/c16-12-10-13-14(4-3-5-15(13)19-11-12)18-9-8-17-6-1-2-7-17/h3-5,12H,1-2,6-11,16H2/t12-/m0/s1. The summed E-state index contributed by atoms with van der Waals surface area (Å²) in [7, 11) is 0. The van der Waals surface area contributed by atoms with E-state index in [-0.39, 0.29) is 6.04 Å². The number of nitrogens with two attached hydrogens (primary N) is 1. The van der Waals surface area contributed by atoms with Gasteiger partial charge in [-0.15, -0.1) is 0 Å². The Morgan fingerprint density at radius 2 is 2.16 bits per heavy atom. The maximum atomic E-state index is 5.96. The van der Waals surface area contributed by atoms with Crippen molar-refractivity contribution in [2.24, 2.45) is 5.73 Å². The zero-order chi connectivity index (χ0) is 13.1. The fourth-order valence-corrected chi connectivity index (χ4v) is 2.83. The second-order valence-electron chi connectivity index (χ2n) is 5.41. The Morgan fingerprint density at radius 3 is 3.00 bits per heavy atom. The molecule has 2 aliphatic heterocycles. The molecule has 104 valence electrons. The summed E-state index contributed by atoms with van der Waals surface area (Å²) in [6.07, 6.45) is 3.49. The molecule has 4 nitrogen and oxygen atoms in total. The van der Waals surface area contributed by atoms with Crippen molar-refractivity contribution in [1.82, 2.24) is 4.90 Å². The number of ether oxygens (including phenoxy) is 2. The van der Waals surface area contributed by atoms with Crippen molar-refractivity contribution in [1.29, 1.82) is 0 Å². The van der Waals surface area contributed by atoms with E-state index in [0.29, 0.717) is 6.61 Å². The predicted octanol–water partition coefficient (Wildman–Crippen LogP) is 1.42. The third-order valence-corrected chi connectivity index (χ3v) is 3.87. The fourth-order valence-electron chi connectivity index (χ4n) is 2.83. The van der Waals surface area contributed by atoms with Crippen molar-refractivity contribution in [3.63, 3.8) is 0 Å². The molecule has 2 heterocycles. The number of likely N-dealkylation sites (tertiary alicyclic amines) is 1. The van der Waals surface area contributed by atoms with Gasteiger partial charge in [0.2, 0.25) is 0 Å². The van der Waals surface area contributed by atoms with Crippen LogP contribution in [0.4, 0.5) is 0 Å². The molecular weight excluding hydrogens is 240 g/mol. The predicted molar refractivity (Wildman–Crippen MR) is 74.8 cm³/mol. The topological polar surface area (TPSA) is 47.7 Å². The monoisotopic (exact) mass is 262 g/mol. The minimum atomic E-state index is 0.0795. The average molecular weight is 262 g/mol. The van der Waals surface area contributed by atoms with Crippen molar-refractivity contribution >= 4 is 0 Å². The van der Waals surface area contributed by atoms with Crippen LogP contribution in [-0.2, 0) is 6.42 Å². The summed E-state index contributed by atoms with van der Waals surface area (Å²) >= 11 is 0. The first-order valence-electron chi connectivity index (χ1n) is 7.18. The molecular formula is C15H22N2O2. The number of rotatable bonds is 4. The third kappa shape index (κ3) is 3.01. The van der Waals surface area contributed by atoms with Crippen LogP contribution >= 0.6 is 0 Å². The van der Waals surface area contributed by atoms with E-state index in [1.54, 1.807) is 0 Å². The van der Waals surface area contributed by atoms with Crippen LogP contribution in [0.5, 0.6) is 11.5 Å². The second kappa shape index (κ2) is 5.80. The summed E-state index contributed by atoms with van der Waals surface area (Å²) in [6, 6.07) is 6.08. The lowest BCUT2D eigenvalue weighted by atomic mass is 10.0. The molecule has 0 unspecified atom stereocenters. The smallest absolute Gasteiger partial charge is 0.126 e. The molecule has 0 aliphatic carbocycles. The van der Waals surface area contributed by atoms with Crippen molar-refractivity contribution in [2.75, 3.05) is 32.8 Å². The average Bonchev–Trinajstić information content (AvgIpc) is 2.92. The van der Waals surface area contributed by atoms with Crippen LogP contribution in [0.3, 0.4) is 0 Å². The zero-order valence-corrected chi connectivity index (χ0v) is 11.3. The van der Waals surface area contributed by atoms with Crippen molar-refractivity contribution in [3.8, 4) is 11.5 Å². The Bertz CT molecular complexity index is 430. The van der Waals surface area contributed by atoms with Gasteiger partial charge in [-0.25, -0.2) is 0 Å². The highest BCUT2D eigenvalue weighted by atomic mass is 16.5. The first kappa shape index (κ1) is 12.8. The molecule has 0 saturated carbocycles. The van der Waals surface area contributed by atoms with E-state index >= 15 is 0 Å². The molecule has 19 heavy (non-hydrogen) atoms. The van der Waals surface area contributed by atoms with E-state index in [2.05, 4.69) is 4.90 Å². The number of benzene rings is 1. The molecule has 2 N–H and O–H groups in total. The molecule has 1 aromatic rings. The van der Waals surface area contributed by atoms with Gasteiger partial charge in [0.1, 0.15) is 24.7 Å². The molecule has 0 aromatic heterocycles. The number of hydrogen-bond donors (Lipinski definition) is 1. The molecule has 1 atom stereocenters. The van der Waals surface area contributed by atoms with E-state index in [4.69, 9.17) is 15.2 Å². The Labute approximate surface area is 114 Å². The van der Waals surface area contributed by atoms with E-state index in [0.717, 1.165) is 36.6 Å². The Balaban J connectivity index is 1.61. The summed E-state index contributed by atoms with van der Waals surface area (Å²) < 4.78 is 11.6. The third-order valence-electron chi connectivity index (χ3n) is 3.87.